The molecule has 28 heavy (non-hydrogen) atoms. The highest BCUT2D eigenvalue weighted by Crippen LogP contribution is 2.26. The summed E-state index contributed by atoms with van der Waals surface area (Å²) in [5.74, 6) is -0.563. The smallest absolute Gasteiger partial charge is 0.405 e. The average Bonchev–Trinajstić information content (AvgIpc) is 2.64. The van der Waals surface area contributed by atoms with Gasteiger partial charge in [-0.2, -0.15) is 5.26 Å². The van der Waals surface area contributed by atoms with Gasteiger partial charge in [-0.3, -0.25) is 0 Å². The van der Waals surface area contributed by atoms with Crippen LogP contribution in [0.2, 0.25) is 0 Å². The molecule has 2 aromatic carbocycles. The summed E-state index contributed by atoms with van der Waals surface area (Å²) in [6, 6.07) is 11.7. The Hall–Kier alpha value is -3.28. The van der Waals surface area contributed by atoms with Crippen molar-refractivity contribution in [2.75, 3.05) is 6.54 Å². The molecule has 0 heterocycles. The van der Waals surface area contributed by atoms with Gasteiger partial charge < -0.3 is 15.4 Å². The maximum absolute atomic E-state index is 14.0. The molecule has 0 fully saturated rings. The van der Waals surface area contributed by atoms with Crippen LogP contribution in [0.15, 0.2) is 47.5 Å². The summed E-state index contributed by atoms with van der Waals surface area (Å²) >= 11 is 0. The van der Waals surface area contributed by atoms with Crippen LogP contribution in [0.3, 0.4) is 0 Å². The Morgan fingerprint density at radius 2 is 1.89 bits per heavy atom. The molecule has 148 valence electrons. The molecule has 0 saturated carbocycles. The van der Waals surface area contributed by atoms with Gasteiger partial charge in [-0.05, 0) is 25.1 Å². The Bertz CT molecular complexity index is 875. The van der Waals surface area contributed by atoms with Gasteiger partial charge in [0.05, 0.1) is 18.2 Å². The minimum atomic E-state index is -4.80. The zero-order valence-corrected chi connectivity index (χ0v) is 15.0. The van der Waals surface area contributed by atoms with E-state index in [0.717, 1.165) is 6.07 Å². The molecule has 5 nitrogen and oxygen atoms in total. The molecular formula is C19H18F4N4O. The van der Waals surface area contributed by atoms with Crippen LogP contribution in [0.4, 0.5) is 17.6 Å². The largest absolute Gasteiger partial charge is 0.573 e. The lowest BCUT2D eigenvalue weighted by molar-refractivity contribution is -0.274. The fourth-order valence-corrected chi connectivity index (χ4v) is 2.30. The number of aliphatic imine (C=N–C) groups is 1. The fourth-order valence-electron chi connectivity index (χ4n) is 2.30. The molecule has 0 radical (unpaired) electrons. The summed E-state index contributed by atoms with van der Waals surface area (Å²) in [6.45, 7) is 2.34. The van der Waals surface area contributed by atoms with Crippen molar-refractivity contribution in [1.29, 1.82) is 5.26 Å². The van der Waals surface area contributed by atoms with Crippen molar-refractivity contribution in [3.05, 3.63) is 65.0 Å². The fraction of sp³-hybridized carbons (Fsp3) is 0.263. The van der Waals surface area contributed by atoms with Crippen LogP contribution < -0.4 is 15.4 Å². The second kappa shape index (κ2) is 9.60. The summed E-state index contributed by atoms with van der Waals surface area (Å²) in [7, 11) is 0. The number of nitrogens with zero attached hydrogens (tertiary/aromatic N) is 2. The molecule has 0 amide bonds. The predicted molar refractivity (Wildman–Crippen MR) is 95.9 cm³/mol. The lowest BCUT2D eigenvalue weighted by Gasteiger charge is -2.14. The van der Waals surface area contributed by atoms with Crippen molar-refractivity contribution in [2.24, 2.45) is 4.99 Å². The van der Waals surface area contributed by atoms with E-state index in [9.17, 15) is 17.6 Å². The van der Waals surface area contributed by atoms with Gasteiger partial charge in [0.15, 0.2) is 5.96 Å². The topological polar surface area (TPSA) is 69.4 Å². The van der Waals surface area contributed by atoms with Crippen molar-refractivity contribution in [1.82, 2.24) is 10.6 Å². The highest BCUT2D eigenvalue weighted by molar-refractivity contribution is 5.79. The number of benzene rings is 2. The maximum Gasteiger partial charge on any atom is 0.573 e. The molecule has 2 aromatic rings. The van der Waals surface area contributed by atoms with E-state index < -0.39 is 12.2 Å². The lowest BCUT2D eigenvalue weighted by Crippen LogP contribution is -2.37. The molecule has 0 unspecified atom stereocenters. The number of nitrogens with one attached hydrogen (secondary N) is 2. The zero-order chi connectivity index (χ0) is 20.6. The predicted octanol–water partition coefficient (Wildman–Crippen LogP) is 3.85. The van der Waals surface area contributed by atoms with Crippen molar-refractivity contribution >= 4 is 5.96 Å². The third-order valence-electron chi connectivity index (χ3n) is 3.58. The maximum atomic E-state index is 14.0. The lowest BCUT2D eigenvalue weighted by atomic mass is 10.1. The molecule has 0 aromatic heterocycles. The van der Waals surface area contributed by atoms with E-state index in [1.807, 2.05) is 13.0 Å². The molecule has 0 bridgehead atoms. The van der Waals surface area contributed by atoms with Gasteiger partial charge in [0.2, 0.25) is 0 Å². The van der Waals surface area contributed by atoms with Crippen molar-refractivity contribution < 1.29 is 22.3 Å². The van der Waals surface area contributed by atoms with Gasteiger partial charge in [-0.15, -0.1) is 13.2 Å². The summed E-state index contributed by atoms with van der Waals surface area (Å²) in [5.41, 5.74) is 0.787. The van der Waals surface area contributed by atoms with E-state index in [1.165, 1.54) is 30.3 Å². The van der Waals surface area contributed by atoms with Crippen LogP contribution in [0.1, 0.15) is 23.6 Å². The van der Waals surface area contributed by atoms with Crippen LogP contribution in [0.25, 0.3) is 0 Å². The zero-order valence-electron chi connectivity index (χ0n) is 15.0. The number of ether oxygens (including phenoxy) is 1. The van der Waals surface area contributed by atoms with Crippen LogP contribution in [0.5, 0.6) is 5.75 Å². The van der Waals surface area contributed by atoms with Crippen LogP contribution in [-0.2, 0) is 13.1 Å². The van der Waals surface area contributed by atoms with E-state index in [4.69, 9.17) is 5.26 Å². The van der Waals surface area contributed by atoms with Crippen molar-refractivity contribution in [2.45, 2.75) is 26.4 Å². The van der Waals surface area contributed by atoms with Crippen molar-refractivity contribution in [3.63, 3.8) is 0 Å². The Morgan fingerprint density at radius 1 is 1.14 bits per heavy atom. The number of para-hydroxylation sites is 1. The van der Waals surface area contributed by atoms with E-state index in [0.29, 0.717) is 18.1 Å². The molecule has 0 aliphatic rings. The normalized spacial score (nSPS) is 11.6. The van der Waals surface area contributed by atoms with Gasteiger partial charge in [0.25, 0.3) is 0 Å². The Labute approximate surface area is 159 Å². The highest BCUT2D eigenvalue weighted by atomic mass is 19.4. The van der Waals surface area contributed by atoms with Gasteiger partial charge in [-0.25, -0.2) is 9.38 Å². The number of halogens is 4. The number of rotatable bonds is 6. The number of hydrogen-bond acceptors (Lipinski definition) is 3. The number of guanidine groups is 1. The Morgan fingerprint density at radius 3 is 2.54 bits per heavy atom. The highest BCUT2D eigenvalue weighted by Gasteiger charge is 2.31. The average molecular weight is 394 g/mol. The second-order valence-electron chi connectivity index (χ2n) is 5.62. The van der Waals surface area contributed by atoms with Crippen LogP contribution >= 0.6 is 0 Å². The number of hydrogen-bond donors (Lipinski definition) is 2. The molecule has 0 spiro atoms. The summed E-state index contributed by atoms with van der Waals surface area (Å²) in [5, 5.41) is 14.6. The quantitative estimate of drug-likeness (QED) is 0.444. The first-order valence-corrected chi connectivity index (χ1v) is 8.36. The standard InChI is InChI=1S/C19H18F4N4O/c1-2-25-18(26-11-14-8-7-13(10-24)9-16(14)20)27-12-15-5-3-4-6-17(15)28-19(21,22)23/h3-9H,2,11-12H2,1H3,(H2,25,26,27). The first-order chi connectivity index (χ1) is 13.3. The summed E-state index contributed by atoms with van der Waals surface area (Å²) in [6.07, 6.45) is -4.80. The third kappa shape index (κ3) is 6.46. The first kappa shape index (κ1) is 21.0. The van der Waals surface area contributed by atoms with Crippen LogP contribution in [0, 0.1) is 17.1 Å². The molecule has 9 heteroatoms. The Balaban J connectivity index is 2.10. The Kier molecular flexibility index (Phi) is 7.21. The van der Waals surface area contributed by atoms with E-state index >= 15 is 0 Å². The van der Waals surface area contributed by atoms with E-state index in [-0.39, 0.29) is 30.0 Å². The third-order valence-corrected chi connectivity index (χ3v) is 3.58. The van der Waals surface area contributed by atoms with Crippen LogP contribution in [-0.4, -0.2) is 18.9 Å². The number of alkyl halides is 3. The summed E-state index contributed by atoms with van der Waals surface area (Å²) < 4.78 is 55.5. The monoisotopic (exact) mass is 394 g/mol. The molecular weight excluding hydrogens is 376 g/mol. The molecule has 0 aliphatic carbocycles. The minimum absolute atomic E-state index is 0.0720. The summed E-state index contributed by atoms with van der Waals surface area (Å²) in [4.78, 5) is 4.23. The van der Waals surface area contributed by atoms with Crippen molar-refractivity contribution in [3.8, 4) is 11.8 Å². The van der Waals surface area contributed by atoms with Gasteiger partial charge in [0.1, 0.15) is 11.6 Å². The molecule has 0 saturated heterocycles. The molecule has 2 rings (SSSR count). The van der Waals surface area contributed by atoms with E-state index in [1.54, 1.807) is 6.07 Å². The van der Waals surface area contributed by atoms with Gasteiger partial charge in [-0.1, -0.05) is 24.3 Å². The van der Waals surface area contributed by atoms with E-state index in [2.05, 4.69) is 20.4 Å². The van der Waals surface area contributed by atoms with Gasteiger partial charge in [0, 0.05) is 24.2 Å². The molecule has 0 atom stereocenters. The molecule has 0 aliphatic heterocycles. The first-order valence-electron chi connectivity index (χ1n) is 8.36. The molecule has 2 N–H and O–H groups in total. The number of nitriles is 1. The minimum Gasteiger partial charge on any atom is -0.405 e. The second-order valence-corrected chi connectivity index (χ2v) is 5.62. The van der Waals surface area contributed by atoms with Gasteiger partial charge >= 0.3 is 6.36 Å². The SMILES string of the molecule is CCNC(=NCc1ccccc1OC(F)(F)F)NCc1ccc(C#N)cc1F.